The van der Waals surface area contributed by atoms with Crippen molar-refractivity contribution in [1.82, 2.24) is 19.1 Å². The standard InChI is InChI=1S/C13H20N4O4S/c1-14-22(19,20)17-8-6-16(7-9-17)13(18)12-10-4-2-3-5-11(10)21-15-12/h14H,2-9H2,1H3. The van der Waals surface area contributed by atoms with Gasteiger partial charge in [0, 0.05) is 45.2 Å². The van der Waals surface area contributed by atoms with E-state index >= 15 is 0 Å². The molecule has 0 bridgehead atoms. The molecule has 1 saturated heterocycles. The third kappa shape index (κ3) is 2.75. The third-order valence-corrected chi connectivity index (χ3v) is 5.84. The van der Waals surface area contributed by atoms with E-state index in [0.717, 1.165) is 37.0 Å². The molecule has 0 atom stereocenters. The molecule has 0 radical (unpaired) electrons. The highest BCUT2D eigenvalue weighted by molar-refractivity contribution is 7.87. The predicted octanol–water partition coefficient (Wildman–Crippen LogP) is -0.225. The van der Waals surface area contributed by atoms with Gasteiger partial charge in [-0.05, 0) is 19.3 Å². The Labute approximate surface area is 129 Å². The van der Waals surface area contributed by atoms with Gasteiger partial charge in [0.15, 0.2) is 5.69 Å². The summed E-state index contributed by atoms with van der Waals surface area (Å²) in [4.78, 5) is 14.2. The highest BCUT2D eigenvalue weighted by atomic mass is 32.2. The predicted molar refractivity (Wildman–Crippen MR) is 78.6 cm³/mol. The van der Waals surface area contributed by atoms with Gasteiger partial charge in [-0.15, -0.1) is 0 Å². The van der Waals surface area contributed by atoms with Crippen molar-refractivity contribution in [2.24, 2.45) is 0 Å². The van der Waals surface area contributed by atoms with Gasteiger partial charge in [-0.1, -0.05) is 5.16 Å². The van der Waals surface area contributed by atoms with Crippen molar-refractivity contribution in [3.63, 3.8) is 0 Å². The molecule has 1 aliphatic heterocycles. The van der Waals surface area contributed by atoms with Gasteiger partial charge in [0.2, 0.25) is 0 Å². The van der Waals surface area contributed by atoms with Crippen molar-refractivity contribution < 1.29 is 17.7 Å². The van der Waals surface area contributed by atoms with Crippen LogP contribution in [0.1, 0.15) is 34.7 Å². The lowest BCUT2D eigenvalue weighted by molar-refractivity contribution is 0.0686. The monoisotopic (exact) mass is 328 g/mol. The second-order valence-corrected chi connectivity index (χ2v) is 7.42. The van der Waals surface area contributed by atoms with Crippen molar-refractivity contribution in [3.05, 3.63) is 17.0 Å². The van der Waals surface area contributed by atoms with Gasteiger partial charge in [-0.2, -0.15) is 12.7 Å². The molecule has 22 heavy (non-hydrogen) atoms. The minimum absolute atomic E-state index is 0.159. The van der Waals surface area contributed by atoms with E-state index in [4.69, 9.17) is 4.52 Å². The van der Waals surface area contributed by atoms with Crippen molar-refractivity contribution >= 4 is 16.1 Å². The molecule has 122 valence electrons. The maximum absolute atomic E-state index is 12.6. The first-order valence-electron chi connectivity index (χ1n) is 7.48. The lowest BCUT2D eigenvalue weighted by Crippen LogP contribution is -2.52. The average Bonchev–Trinajstić information content (AvgIpc) is 2.98. The molecule has 1 aromatic rings. The van der Waals surface area contributed by atoms with Crippen LogP contribution in [-0.4, -0.2) is 61.9 Å². The zero-order valence-electron chi connectivity index (χ0n) is 12.5. The molecule has 1 N–H and O–H groups in total. The fraction of sp³-hybridized carbons (Fsp3) is 0.692. The van der Waals surface area contributed by atoms with E-state index in [-0.39, 0.29) is 19.0 Å². The summed E-state index contributed by atoms with van der Waals surface area (Å²) in [5.74, 6) is 0.666. The molecule has 2 heterocycles. The van der Waals surface area contributed by atoms with Gasteiger partial charge >= 0.3 is 0 Å². The van der Waals surface area contributed by atoms with Crippen LogP contribution in [0.25, 0.3) is 0 Å². The van der Waals surface area contributed by atoms with Crippen LogP contribution in [0.5, 0.6) is 0 Å². The molecule has 1 fully saturated rings. The van der Waals surface area contributed by atoms with Crippen LogP contribution in [0.4, 0.5) is 0 Å². The van der Waals surface area contributed by atoms with Crippen molar-refractivity contribution in [1.29, 1.82) is 0 Å². The Hall–Kier alpha value is -1.45. The van der Waals surface area contributed by atoms with E-state index in [2.05, 4.69) is 9.88 Å². The molecule has 0 unspecified atom stereocenters. The van der Waals surface area contributed by atoms with Crippen LogP contribution in [-0.2, 0) is 23.1 Å². The van der Waals surface area contributed by atoms with E-state index in [9.17, 15) is 13.2 Å². The minimum atomic E-state index is -3.43. The van der Waals surface area contributed by atoms with Gasteiger partial charge in [0.05, 0.1) is 0 Å². The molecular formula is C13H20N4O4S. The molecule has 0 spiro atoms. The van der Waals surface area contributed by atoms with Gasteiger partial charge in [0.1, 0.15) is 5.76 Å². The van der Waals surface area contributed by atoms with Gasteiger partial charge in [-0.25, -0.2) is 4.72 Å². The van der Waals surface area contributed by atoms with Crippen molar-refractivity contribution in [3.8, 4) is 0 Å². The first kappa shape index (κ1) is 15.4. The van der Waals surface area contributed by atoms with Crippen molar-refractivity contribution in [2.45, 2.75) is 25.7 Å². The number of nitrogens with zero attached hydrogens (tertiary/aromatic N) is 3. The number of aromatic nitrogens is 1. The van der Waals surface area contributed by atoms with Crippen LogP contribution in [0.2, 0.25) is 0 Å². The molecule has 2 aliphatic rings. The molecule has 1 aliphatic carbocycles. The number of hydrogen-bond acceptors (Lipinski definition) is 5. The topological polar surface area (TPSA) is 95.8 Å². The fourth-order valence-corrected chi connectivity index (χ4v) is 3.87. The lowest BCUT2D eigenvalue weighted by Gasteiger charge is -2.33. The Morgan fingerprint density at radius 2 is 1.86 bits per heavy atom. The number of rotatable bonds is 3. The summed E-state index contributed by atoms with van der Waals surface area (Å²) in [5.41, 5.74) is 1.33. The minimum Gasteiger partial charge on any atom is -0.360 e. The van der Waals surface area contributed by atoms with E-state index in [1.165, 1.54) is 11.4 Å². The molecular weight excluding hydrogens is 308 g/mol. The molecule has 0 saturated carbocycles. The maximum atomic E-state index is 12.6. The third-order valence-electron chi connectivity index (χ3n) is 4.28. The summed E-state index contributed by atoms with van der Waals surface area (Å²) in [7, 11) is -2.04. The molecule has 8 nitrogen and oxygen atoms in total. The van der Waals surface area contributed by atoms with Crippen molar-refractivity contribution in [2.75, 3.05) is 33.2 Å². The molecule has 3 rings (SSSR count). The summed E-state index contributed by atoms with van der Waals surface area (Å²) in [6, 6.07) is 0. The zero-order valence-corrected chi connectivity index (χ0v) is 13.4. The second kappa shape index (κ2) is 5.98. The Morgan fingerprint density at radius 1 is 1.18 bits per heavy atom. The van der Waals surface area contributed by atoms with Crippen LogP contribution >= 0.6 is 0 Å². The maximum Gasteiger partial charge on any atom is 0.279 e. The van der Waals surface area contributed by atoms with Gasteiger partial charge < -0.3 is 9.42 Å². The molecule has 0 aromatic carbocycles. The number of carbonyl (C=O) groups excluding carboxylic acids is 1. The first-order valence-corrected chi connectivity index (χ1v) is 8.92. The van der Waals surface area contributed by atoms with E-state index < -0.39 is 10.2 Å². The number of piperazine rings is 1. The average molecular weight is 328 g/mol. The van der Waals surface area contributed by atoms with Crippen LogP contribution in [0.15, 0.2) is 4.52 Å². The normalized spacial score (nSPS) is 20.0. The summed E-state index contributed by atoms with van der Waals surface area (Å²) in [6.45, 7) is 1.30. The number of aryl methyl sites for hydroxylation is 1. The number of carbonyl (C=O) groups is 1. The number of nitrogens with one attached hydrogen (secondary N) is 1. The second-order valence-electron chi connectivity index (χ2n) is 5.54. The summed E-state index contributed by atoms with van der Waals surface area (Å²) in [6.07, 6.45) is 3.77. The van der Waals surface area contributed by atoms with Crippen LogP contribution in [0, 0.1) is 0 Å². The Morgan fingerprint density at radius 3 is 2.55 bits per heavy atom. The lowest BCUT2D eigenvalue weighted by atomic mass is 9.96. The Bertz CT molecular complexity index is 662. The van der Waals surface area contributed by atoms with E-state index in [0.29, 0.717) is 18.8 Å². The van der Waals surface area contributed by atoms with Crippen LogP contribution in [0.3, 0.4) is 0 Å². The summed E-state index contributed by atoms with van der Waals surface area (Å²) in [5, 5.41) is 3.95. The summed E-state index contributed by atoms with van der Waals surface area (Å²) >= 11 is 0. The highest BCUT2D eigenvalue weighted by Gasteiger charge is 2.32. The molecule has 1 amide bonds. The quantitative estimate of drug-likeness (QED) is 0.827. The number of hydrogen-bond donors (Lipinski definition) is 1. The van der Waals surface area contributed by atoms with Crippen LogP contribution < -0.4 is 4.72 Å². The number of fused-ring (bicyclic) bond motifs is 1. The SMILES string of the molecule is CNS(=O)(=O)N1CCN(C(=O)c2noc3c2CCCC3)CC1. The number of amides is 1. The fourth-order valence-electron chi connectivity index (χ4n) is 2.96. The molecule has 9 heteroatoms. The van der Waals surface area contributed by atoms with Gasteiger partial charge in [0.25, 0.3) is 16.1 Å². The first-order chi connectivity index (χ1) is 10.5. The van der Waals surface area contributed by atoms with E-state index in [1.807, 2.05) is 0 Å². The summed E-state index contributed by atoms with van der Waals surface area (Å²) < 4.78 is 32.4. The highest BCUT2D eigenvalue weighted by Crippen LogP contribution is 2.25. The smallest absolute Gasteiger partial charge is 0.279 e. The Balaban J connectivity index is 1.69. The zero-order chi connectivity index (χ0) is 15.7. The van der Waals surface area contributed by atoms with E-state index in [1.54, 1.807) is 4.90 Å². The largest absolute Gasteiger partial charge is 0.360 e. The molecule has 1 aromatic heterocycles. The van der Waals surface area contributed by atoms with Gasteiger partial charge in [-0.3, -0.25) is 4.79 Å². The Kier molecular flexibility index (Phi) is 4.20.